The molecule has 1 aromatic rings. The van der Waals surface area contributed by atoms with E-state index < -0.39 is 0 Å². The van der Waals surface area contributed by atoms with Gasteiger partial charge in [0.05, 0.1) is 0 Å². The predicted octanol–water partition coefficient (Wildman–Crippen LogP) is 1.31. The molecule has 1 aromatic heterocycles. The van der Waals surface area contributed by atoms with E-state index in [2.05, 4.69) is 46.5 Å². The summed E-state index contributed by atoms with van der Waals surface area (Å²) in [5.74, 6) is 8.23. The number of anilines is 2. The molecule has 0 radical (unpaired) electrons. The molecule has 106 valence electrons. The molecule has 1 saturated heterocycles. The third-order valence-electron chi connectivity index (χ3n) is 3.55. The molecule has 1 unspecified atom stereocenters. The minimum atomic E-state index is 0.277. The number of nitrogens with two attached hydrogens (primary N) is 1. The van der Waals surface area contributed by atoms with Gasteiger partial charge in [0.15, 0.2) is 0 Å². The molecule has 2 rings (SSSR count). The molecular formula is C13H24N6. The van der Waals surface area contributed by atoms with Crippen molar-refractivity contribution in [2.45, 2.75) is 39.2 Å². The molecule has 0 bridgehead atoms. The van der Waals surface area contributed by atoms with Crippen molar-refractivity contribution in [1.29, 1.82) is 0 Å². The Morgan fingerprint density at radius 1 is 1.32 bits per heavy atom. The summed E-state index contributed by atoms with van der Waals surface area (Å²) < 4.78 is 0. The summed E-state index contributed by atoms with van der Waals surface area (Å²) in [5, 5.41) is 3.52. The highest BCUT2D eigenvalue weighted by molar-refractivity contribution is 5.57. The Kier molecular flexibility index (Phi) is 4.21. The van der Waals surface area contributed by atoms with Crippen LogP contribution in [0.4, 0.5) is 11.6 Å². The van der Waals surface area contributed by atoms with E-state index in [-0.39, 0.29) is 5.92 Å². The van der Waals surface area contributed by atoms with Crippen LogP contribution in [0.1, 0.15) is 37.6 Å². The van der Waals surface area contributed by atoms with E-state index in [1.54, 1.807) is 0 Å². The Hall–Kier alpha value is -1.40. The Bertz CT molecular complexity index is 445. The van der Waals surface area contributed by atoms with Crippen LogP contribution in [0.5, 0.6) is 0 Å². The van der Waals surface area contributed by atoms with Crippen LogP contribution in [-0.2, 0) is 0 Å². The first-order chi connectivity index (χ1) is 9.01. The smallest absolute Gasteiger partial charge is 0.148 e. The van der Waals surface area contributed by atoms with E-state index in [0.29, 0.717) is 11.9 Å². The van der Waals surface area contributed by atoms with Crippen molar-refractivity contribution in [1.82, 2.24) is 14.9 Å². The van der Waals surface area contributed by atoms with Crippen molar-refractivity contribution in [3.8, 4) is 0 Å². The Labute approximate surface area is 114 Å². The summed E-state index contributed by atoms with van der Waals surface area (Å²) in [6.45, 7) is 8.32. The van der Waals surface area contributed by atoms with Crippen LogP contribution in [-0.4, -0.2) is 41.0 Å². The molecule has 1 aliphatic heterocycles. The summed E-state index contributed by atoms with van der Waals surface area (Å²) >= 11 is 0. The van der Waals surface area contributed by atoms with E-state index in [1.165, 1.54) is 0 Å². The molecule has 0 spiro atoms. The Balaban J connectivity index is 2.25. The molecule has 19 heavy (non-hydrogen) atoms. The van der Waals surface area contributed by atoms with Gasteiger partial charge in [-0.2, -0.15) is 0 Å². The zero-order valence-corrected chi connectivity index (χ0v) is 12.2. The average Bonchev–Trinajstić information content (AvgIpc) is 2.77. The third-order valence-corrected chi connectivity index (χ3v) is 3.55. The molecule has 4 N–H and O–H groups in total. The van der Waals surface area contributed by atoms with E-state index >= 15 is 0 Å². The van der Waals surface area contributed by atoms with Gasteiger partial charge in [0.2, 0.25) is 0 Å². The number of nitrogen functional groups attached to an aromatic ring is 1. The van der Waals surface area contributed by atoms with Gasteiger partial charge in [0.1, 0.15) is 17.5 Å². The van der Waals surface area contributed by atoms with Gasteiger partial charge in [-0.15, -0.1) is 0 Å². The number of aromatic nitrogens is 2. The highest BCUT2D eigenvalue weighted by Gasteiger charge is 2.21. The minimum absolute atomic E-state index is 0.277. The predicted molar refractivity (Wildman–Crippen MR) is 78.2 cm³/mol. The van der Waals surface area contributed by atoms with Gasteiger partial charge in [-0.25, -0.2) is 15.8 Å². The van der Waals surface area contributed by atoms with Crippen LogP contribution in [0, 0.1) is 6.92 Å². The minimum Gasteiger partial charge on any atom is -0.366 e. The van der Waals surface area contributed by atoms with E-state index in [1.807, 2.05) is 6.92 Å². The van der Waals surface area contributed by atoms with Crippen LogP contribution in [0.15, 0.2) is 0 Å². The third kappa shape index (κ3) is 3.13. The first-order valence-electron chi connectivity index (χ1n) is 6.81. The number of hydrazine groups is 1. The summed E-state index contributed by atoms with van der Waals surface area (Å²) in [6, 6.07) is 0.448. The van der Waals surface area contributed by atoms with Crippen LogP contribution in [0.3, 0.4) is 0 Å². The lowest BCUT2D eigenvalue weighted by atomic mass is 10.2. The van der Waals surface area contributed by atoms with E-state index in [0.717, 1.165) is 36.7 Å². The highest BCUT2D eigenvalue weighted by atomic mass is 15.3. The fourth-order valence-electron chi connectivity index (χ4n) is 2.32. The monoisotopic (exact) mass is 264 g/mol. The maximum Gasteiger partial charge on any atom is 0.148 e. The lowest BCUT2D eigenvalue weighted by molar-refractivity contribution is 0.414. The number of rotatable bonds is 4. The molecule has 1 atom stereocenters. The average molecular weight is 264 g/mol. The van der Waals surface area contributed by atoms with Crippen LogP contribution in [0.25, 0.3) is 0 Å². The summed E-state index contributed by atoms with van der Waals surface area (Å²) in [7, 11) is 2.14. The maximum atomic E-state index is 5.54. The number of nitrogens with zero attached hydrogens (tertiary/aromatic N) is 3. The van der Waals surface area contributed by atoms with Gasteiger partial charge in [-0.3, -0.25) is 0 Å². The van der Waals surface area contributed by atoms with Crippen LogP contribution in [0.2, 0.25) is 0 Å². The summed E-state index contributed by atoms with van der Waals surface area (Å²) in [4.78, 5) is 11.4. The first-order valence-corrected chi connectivity index (χ1v) is 6.81. The number of hydrogen-bond acceptors (Lipinski definition) is 6. The number of nitrogens with one attached hydrogen (secondary N) is 2. The number of likely N-dealkylation sites (N-methyl/N-ethyl adjacent to an activating group) is 1. The maximum absolute atomic E-state index is 5.54. The largest absolute Gasteiger partial charge is 0.366 e. The second-order valence-electron chi connectivity index (χ2n) is 5.60. The molecular weight excluding hydrogens is 240 g/mol. The molecule has 0 amide bonds. The fraction of sp³-hybridized carbons (Fsp3) is 0.692. The lowest BCUT2D eigenvalue weighted by Gasteiger charge is -2.18. The zero-order valence-electron chi connectivity index (χ0n) is 12.2. The summed E-state index contributed by atoms with van der Waals surface area (Å²) in [6.07, 6.45) is 1.14. The van der Waals surface area contributed by atoms with E-state index in [4.69, 9.17) is 5.84 Å². The Morgan fingerprint density at radius 2 is 2.00 bits per heavy atom. The van der Waals surface area contributed by atoms with Crippen molar-refractivity contribution in [3.63, 3.8) is 0 Å². The fourth-order valence-corrected chi connectivity index (χ4v) is 2.32. The molecule has 1 fully saturated rings. The highest BCUT2D eigenvalue weighted by Crippen LogP contribution is 2.24. The first kappa shape index (κ1) is 14.0. The number of likely N-dealkylation sites (tertiary alicyclic amines) is 1. The van der Waals surface area contributed by atoms with Crippen LogP contribution >= 0.6 is 0 Å². The van der Waals surface area contributed by atoms with Gasteiger partial charge >= 0.3 is 0 Å². The van der Waals surface area contributed by atoms with Crippen molar-refractivity contribution >= 4 is 11.6 Å². The van der Waals surface area contributed by atoms with Crippen LogP contribution < -0.4 is 16.6 Å². The summed E-state index contributed by atoms with van der Waals surface area (Å²) in [5.41, 5.74) is 3.64. The molecule has 0 aliphatic carbocycles. The van der Waals surface area contributed by atoms with Crippen molar-refractivity contribution in [3.05, 3.63) is 11.4 Å². The second-order valence-corrected chi connectivity index (χ2v) is 5.60. The molecule has 0 saturated carbocycles. The van der Waals surface area contributed by atoms with E-state index in [9.17, 15) is 0 Å². The lowest BCUT2D eigenvalue weighted by Crippen LogP contribution is -2.25. The quantitative estimate of drug-likeness (QED) is 0.562. The zero-order chi connectivity index (χ0) is 14.0. The molecule has 6 nitrogen and oxygen atoms in total. The van der Waals surface area contributed by atoms with Crippen molar-refractivity contribution in [2.75, 3.05) is 30.9 Å². The normalized spacial score (nSPS) is 20.0. The molecule has 6 heteroatoms. The standard InChI is InChI=1S/C13H24N6/c1-8(2)11-16-12(9(3)13(17-11)18-14)15-10-5-6-19(4)7-10/h8,10H,5-7,14H2,1-4H3,(H2,15,16,17,18). The van der Waals surface area contributed by atoms with Gasteiger partial charge in [0, 0.05) is 24.1 Å². The van der Waals surface area contributed by atoms with Gasteiger partial charge < -0.3 is 15.6 Å². The molecule has 2 heterocycles. The van der Waals surface area contributed by atoms with Gasteiger partial charge in [-0.05, 0) is 26.9 Å². The van der Waals surface area contributed by atoms with Crippen molar-refractivity contribution in [2.24, 2.45) is 5.84 Å². The topological polar surface area (TPSA) is 79.1 Å². The Morgan fingerprint density at radius 3 is 2.53 bits per heavy atom. The van der Waals surface area contributed by atoms with Gasteiger partial charge in [-0.1, -0.05) is 13.8 Å². The SMILES string of the molecule is Cc1c(NN)nc(C(C)C)nc1NC1CCN(C)C1. The van der Waals surface area contributed by atoms with Gasteiger partial charge in [0.25, 0.3) is 0 Å². The number of hydrogen-bond donors (Lipinski definition) is 3. The molecule has 1 aliphatic rings. The van der Waals surface area contributed by atoms with Crippen molar-refractivity contribution < 1.29 is 0 Å². The molecule has 0 aromatic carbocycles. The second kappa shape index (κ2) is 5.71.